The summed E-state index contributed by atoms with van der Waals surface area (Å²) in [6.07, 6.45) is 1.77. The van der Waals surface area contributed by atoms with E-state index < -0.39 is 0 Å². The van der Waals surface area contributed by atoms with Crippen LogP contribution in [0.2, 0.25) is 0 Å². The highest BCUT2D eigenvalue weighted by Crippen LogP contribution is 2.21. The molecule has 0 radical (unpaired) electrons. The maximum atomic E-state index is 12.2. The summed E-state index contributed by atoms with van der Waals surface area (Å²) in [4.78, 5) is 29.8. The Morgan fingerprint density at radius 3 is 2.41 bits per heavy atom. The van der Waals surface area contributed by atoms with Crippen molar-refractivity contribution in [3.05, 3.63) is 65.0 Å². The number of hydrogen-bond acceptors (Lipinski definition) is 4. The molecule has 0 bridgehead atoms. The zero-order chi connectivity index (χ0) is 15.5. The van der Waals surface area contributed by atoms with E-state index in [0.717, 1.165) is 11.3 Å². The van der Waals surface area contributed by atoms with Gasteiger partial charge in [0, 0.05) is 31.5 Å². The van der Waals surface area contributed by atoms with Gasteiger partial charge in [-0.15, -0.1) is 0 Å². The number of nitrogens with zero attached hydrogens (tertiary/aromatic N) is 2. The molecular weight excluding hydrogens is 278 g/mol. The highest BCUT2D eigenvalue weighted by Gasteiger charge is 2.34. The van der Waals surface area contributed by atoms with Crippen molar-refractivity contribution in [1.82, 2.24) is 15.2 Å². The third-order valence-corrected chi connectivity index (χ3v) is 3.68. The van der Waals surface area contributed by atoms with Crippen molar-refractivity contribution >= 4 is 11.8 Å². The van der Waals surface area contributed by atoms with Gasteiger partial charge in [-0.05, 0) is 36.8 Å². The van der Waals surface area contributed by atoms with Crippen LogP contribution in [0.4, 0.5) is 0 Å². The molecular formula is C17H17N3O2. The van der Waals surface area contributed by atoms with E-state index in [-0.39, 0.29) is 11.8 Å². The van der Waals surface area contributed by atoms with Crippen molar-refractivity contribution in [3.8, 4) is 0 Å². The summed E-state index contributed by atoms with van der Waals surface area (Å²) in [5, 5.41) is 3.25. The first-order valence-corrected chi connectivity index (χ1v) is 7.24. The van der Waals surface area contributed by atoms with Crippen LogP contribution in [0.3, 0.4) is 0 Å². The molecule has 3 rings (SSSR count). The standard InChI is InChI=1S/C17H17N3O2/c1-12-10-13(6-7-19-12)11-18-8-9-20-16(21)14-4-2-3-5-15(14)17(20)22/h2-7,10,18H,8-9,11H2,1H3. The zero-order valence-corrected chi connectivity index (χ0v) is 12.4. The largest absolute Gasteiger partial charge is 0.311 e. The summed E-state index contributed by atoms with van der Waals surface area (Å²) in [7, 11) is 0. The number of imide groups is 1. The lowest BCUT2D eigenvalue weighted by atomic mass is 10.1. The smallest absolute Gasteiger partial charge is 0.261 e. The minimum atomic E-state index is -0.206. The summed E-state index contributed by atoms with van der Waals surface area (Å²) >= 11 is 0. The first-order valence-electron chi connectivity index (χ1n) is 7.24. The van der Waals surface area contributed by atoms with E-state index in [1.807, 2.05) is 19.1 Å². The van der Waals surface area contributed by atoms with E-state index in [9.17, 15) is 9.59 Å². The number of carbonyl (C=O) groups is 2. The molecule has 5 heteroatoms. The third kappa shape index (κ3) is 2.76. The van der Waals surface area contributed by atoms with Crippen LogP contribution in [0.1, 0.15) is 32.0 Å². The molecule has 0 atom stereocenters. The van der Waals surface area contributed by atoms with Crippen LogP contribution >= 0.6 is 0 Å². The lowest BCUT2D eigenvalue weighted by Gasteiger charge is -2.14. The molecule has 112 valence electrons. The first kappa shape index (κ1) is 14.4. The molecule has 2 heterocycles. The summed E-state index contributed by atoms with van der Waals surface area (Å²) in [5.74, 6) is -0.413. The van der Waals surface area contributed by atoms with Crippen LogP contribution in [-0.4, -0.2) is 34.8 Å². The fourth-order valence-corrected chi connectivity index (χ4v) is 2.58. The van der Waals surface area contributed by atoms with Gasteiger partial charge in [0.25, 0.3) is 11.8 Å². The SMILES string of the molecule is Cc1cc(CNCCN2C(=O)c3ccccc3C2=O)ccn1. The molecule has 5 nitrogen and oxygen atoms in total. The van der Waals surface area contributed by atoms with Crippen molar-refractivity contribution in [1.29, 1.82) is 0 Å². The summed E-state index contributed by atoms with van der Waals surface area (Å²) in [6, 6.07) is 10.9. The van der Waals surface area contributed by atoms with Crippen molar-refractivity contribution in [2.24, 2.45) is 0 Å². The molecule has 1 aliphatic rings. The number of pyridine rings is 1. The summed E-state index contributed by atoms with van der Waals surface area (Å²) < 4.78 is 0. The summed E-state index contributed by atoms with van der Waals surface area (Å²) in [6.45, 7) is 3.57. The molecule has 0 spiro atoms. The zero-order valence-electron chi connectivity index (χ0n) is 12.4. The number of fused-ring (bicyclic) bond motifs is 1. The maximum Gasteiger partial charge on any atom is 0.261 e. The van der Waals surface area contributed by atoms with Gasteiger partial charge in [0.05, 0.1) is 11.1 Å². The van der Waals surface area contributed by atoms with E-state index in [4.69, 9.17) is 0 Å². The molecule has 22 heavy (non-hydrogen) atoms. The van der Waals surface area contributed by atoms with Gasteiger partial charge in [-0.25, -0.2) is 0 Å². The molecule has 1 aromatic carbocycles. The normalized spacial score (nSPS) is 13.6. The molecule has 0 saturated heterocycles. The van der Waals surface area contributed by atoms with Gasteiger partial charge in [0.15, 0.2) is 0 Å². The number of nitrogens with one attached hydrogen (secondary N) is 1. The number of hydrogen-bond donors (Lipinski definition) is 1. The van der Waals surface area contributed by atoms with Crippen molar-refractivity contribution in [3.63, 3.8) is 0 Å². The van der Waals surface area contributed by atoms with Crippen LogP contribution in [-0.2, 0) is 6.54 Å². The second-order valence-electron chi connectivity index (χ2n) is 5.29. The van der Waals surface area contributed by atoms with Gasteiger partial charge in [0.1, 0.15) is 0 Å². The molecule has 2 aromatic rings. The number of aryl methyl sites for hydroxylation is 1. The molecule has 0 fully saturated rings. The Morgan fingerprint density at radius 2 is 1.77 bits per heavy atom. The molecule has 1 aromatic heterocycles. The number of rotatable bonds is 5. The van der Waals surface area contributed by atoms with Crippen molar-refractivity contribution in [2.45, 2.75) is 13.5 Å². The highest BCUT2D eigenvalue weighted by molar-refractivity contribution is 6.21. The monoisotopic (exact) mass is 295 g/mol. The van der Waals surface area contributed by atoms with Gasteiger partial charge < -0.3 is 5.32 Å². The average Bonchev–Trinajstić information content (AvgIpc) is 2.77. The highest BCUT2D eigenvalue weighted by atomic mass is 16.2. The fraction of sp³-hybridized carbons (Fsp3) is 0.235. The number of carbonyl (C=O) groups excluding carboxylic acids is 2. The Bertz CT molecular complexity index is 692. The quantitative estimate of drug-likeness (QED) is 0.674. The van der Waals surface area contributed by atoms with Crippen molar-refractivity contribution in [2.75, 3.05) is 13.1 Å². The molecule has 2 amide bonds. The van der Waals surface area contributed by atoms with Gasteiger partial charge in [-0.2, -0.15) is 0 Å². The second-order valence-corrected chi connectivity index (χ2v) is 5.29. The Balaban J connectivity index is 1.55. The topological polar surface area (TPSA) is 62.3 Å². The summed E-state index contributed by atoms with van der Waals surface area (Å²) in [5.41, 5.74) is 3.10. The van der Waals surface area contributed by atoms with E-state index in [2.05, 4.69) is 10.3 Å². The van der Waals surface area contributed by atoms with Crippen LogP contribution in [0.25, 0.3) is 0 Å². The Morgan fingerprint density at radius 1 is 1.09 bits per heavy atom. The lowest BCUT2D eigenvalue weighted by molar-refractivity contribution is 0.0655. The Kier molecular flexibility index (Phi) is 3.98. The van der Waals surface area contributed by atoms with Gasteiger partial charge in [-0.1, -0.05) is 12.1 Å². The lowest BCUT2D eigenvalue weighted by Crippen LogP contribution is -2.36. The van der Waals surface area contributed by atoms with Gasteiger partial charge in [-0.3, -0.25) is 19.5 Å². The number of benzene rings is 1. The Hall–Kier alpha value is -2.53. The molecule has 0 unspecified atom stereocenters. The molecule has 0 aliphatic carbocycles. The number of amides is 2. The fourth-order valence-electron chi connectivity index (χ4n) is 2.58. The van der Waals surface area contributed by atoms with Gasteiger partial charge in [0.2, 0.25) is 0 Å². The average molecular weight is 295 g/mol. The third-order valence-electron chi connectivity index (χ3n) is 3.68. The van der Waals surface area contributed by atoms with E-state index in [0.29, 0.717) is 30.8 Å². The molecule has 1 aliphatic heterocycles. The van der Waals surface area contributed by atoms with Crippen LogP contribution in [0.15, 0.2) is 42.6 Å². The predicted octanol–water partition coefficient (Wildman–Crippen LogP) is 1.78. The Labute approximate surface area is 129 Å². The number of aromatic nitrogens is 1. The minimum absolute atomic E-state index is 0.206. The van der Waals surface area contributed by atoms with Gasteiger partial charge >= 0.3 is 0 Å². The minimum Gasteiger partial charge on any atom is -0.311 e. The van der Waals surface area contributed by atoms with Crippen LogP contribution in [0, 0.1) is 6.92 Å². The molecule has 1 N–H and O–H groups in total. The van der Waals surface area contributed by atoms with E-state index in [1.54, 1.807) is 30.5 Å². The van der Waals surface area contributed by atoms with E-state index >= 15 is 0 Å². The van der Waals surface area contributed by atoms with E-state index in [1.165, 1.54) is 4.90 Å². The van der Waals surface area contributed by atoms with Crippen LogP contribution in [0.5, 0.6) is 0 Å². The maximum absolute atomic E-state index is 12.2. The predicted molar refractivity (Wildman–Crippen MR) is 82.5 cm³/mol. The first-order chi connectivity index (χ1) is 10.7. The second kappa shape index (κ2) is 6.07. The van der Waals surface area contributed by atoms with Crippen molar-refractivity contribution < 1.29 is 9.59 Å². The molecule has 0 saturated carbocycles. The van der Waals surface area contributed by atoms with Crippen LogP contribution < -0.4 is 5.32 Å².